The summed E-state index contributed by atoms with van der Waals surface area (Å²) in [4.78, 5) is 0. The van der Waals surface area contributed by atoms with Crippen LogP contribution in [0.1, 0.15) is 24.3 Å². The lowest BCUT2D eigenvalue weighted by Crippen LogP contribution is -2.24. The molecule has 0 aromatic heterocycles. The second kappa shape index (κ2) is 17.2. The second-order valence-corrected chi connectivity index (χ2v) is 14.1. The van der Waals surface area contributed by atoms with E-state index in [0.717, 1.165) is 52.1 Å². The average Bonchev–Trinajstić information content (AvgIpc) is 3.22. The molecule has 1 aliphatic heterocycles. The van der Waals surface area contributed by atoms with Crippen molar-refractivity contribution >= 4 is 0 Å². The molecule has 7 aromatic rings. The van der Waals surface area contributed by atoms with E-state index in [0.29, 0.717) is 30.3 Å². The van der Waals surface area contributed by atoms with Crippen LogP contribution in [0.2, 0.25) is 0 Å². The first-order valence-corrected chi connectivity index (χ1v) is 18.2. The number of ether oxygens (including phenoxy) is 2. The Balaban J connectivity index is 0.000000177. The van der Waals surface area contributed by atoms with E-state index in [9.17, 15) is 35.1 Å². The molecule has 1 saturated heterocycles. The molecule has 1 fully saturated rings. The molecule has 0 aliphatic carbocycles. The molecule has 0 bridgehead atoms. The van der Waals surface area contributed by atoms with Crippen molar-refractivity contribution in [3.05, 3.63) is 191 Å². The second-order valence-electron chi connectivity index (χ2n) is 14.1. The van der Waals surface area contributed by atoms with Crippen LogP contribution in [0.4, 0.5) is 35.1 Å². The Morgan fingerprint density at radius 1 is 0.379 bits per heavy atom. The Bertz CT molecular complexity index is 2520. The summed E-state index contributed by atoms with van der Waals surface area (Å²) < 4.78 is 121. The van der Waals surface area contributed by atoms with Crippen LogP contribution in [-0.4, -0.2) is 13.2 Å². The Hall–Kier alpha value is -6.10. The number of aryl methyl sites for hydroxylation is 1. The zero-order valence-electron chi connectivity index (χ0n) is 31.1. The predicted octanol–water partition coefficient (Wildman–Crippen LogP) is 13.8. The van der Waals surface area contributed by atoms with Crippen molar-refractivity contribution in [2.75, 3.05) is 13.2 Å². The summed E-state index contributed by atoms with van der Waals surface area (Å²) in [6, 6.07) is 35.1. The highest BCUT2D eigenvalue weighted by molar-refractivity contribution is 5.74. The first kappa shape index (κ1) is 40.1. The minimum absolute atomic E-state index is 0.00262. The SMILES string of the molecule is CC1COC(c2ccc(-c3ccc(-c4cc(F)c(F)c(F)c4)c(F)c3)cc2)OC1.Cc1ccc(-c2ccc(-c3ccc(-c4cc(F)c(F)c(F)c4)c(F)c3)cc2)cc1. The molecule has 58 heavy (non-hydrogen) atoms. The summed E-state index contributed by atoms with van der Waals surface area (Å²) in [5.41, 5.74) is 6.85. The summed E-state index contributed by atoms with van der Waals surface area (Å²) in [6.07, 6.45) is -0.414. The minimum atomic E-state index is -1.58. The third-order valence-electron chi connectivity index (χ3n) is 9.71. The zero-order valence-corrected chi connectivity index (χ0v) is 31.1. The molecule has 0 unspecified atom stereocenters. The number of halogens is 8. The molecule has 7 aromatic carbocycles. The summed E-state index contributed by atoms with van der Waals surface area (Å²) in [5, 5.41) is 0. The van der Waals surface area contributed by atoms with Crippen LogP contribution >= 0.6 is 0 Å². The average molecular weight is 795 g/mol. The van der Waals surface area contributed by atoms with E-state index in [1.165, 1.54) is 29.8 Å². The van der Waals surface area contributed by atoms with E-state index in [1.54, 1.807) is 12.1 Å². The van der Waals surface area contributed by atoms with Gasteiger partial charge in [0.05, 0.1) is 13.2 Å². The molecule has 1 aliphatic rings. The Morgan fingerprint density at radius 2 is 0.690 bits per heavy atom. The van der Waals surface area contributed by atoms with Gasteiger partial charge in [-0.15, -0.1) is 0 Å². The van der Waals surface area contributed by atoms with Crippen molar-refractivity contribution in [1.29, 1.82) is 0 Å². The van der Waals surface area contributed by atoms with Crippen LogP contribution in [0.3, 0.4) is 0 Å². The van der Waals surface area contributed by atoms with Gasteiger partial charge in [-0.25, -0.2) is 35.1 Å². The maximum absolute atomic E-state index is 14.6. The molecular formula is C48H34F8O2. The van der Waals surface area contributed by atoms with Crippen molar-refractivity contribution < 1.29 is 44.6 Å². The van der Waals surface area contributed by atoms with Gasteiger partial charge in [0.25, 0.3) is 0 Å². The van der Waals surface area contributed by atoms with E-state index < -0.39 is 52.8 Å². The van der Waals surface area contributed by atoms with Crippen LogP contribution in [0, 0.1) is 59.4 Å². The molecule has 0 saturated carbocycles. The van der Waals surface area contributed by atoms with Gasteiger partial charge in [-0.3, -0.25) is 0 Å². The quantitative estimate of drug-likeness (QED) is 0.123. The van der Waals surface area contributed by atoms with Crippen LogP contribution in [0.25, 0.3) is 55.6 Å². The largest absolute Gasteiger partial charge is 0.348 e. The third kappa shape index (κ3) is 8.88. The van der Waals surface area contributed by atoms with E-state index in [2.05, 4.69) is 0 Å². The van der Waals surface area contributed by atoms with Crippen molar-refractivity contribution in [1.82, 2.24) is 0 Å². The first-order chi connectivity index (χ1) is 27.8. The lowest BCUT2D eigenvalue weighted by atomic mass is 9.97. The summed E-state index contributed by atoms with van der Waals surface area (Å²) in [5.74, 6) is -9.52. The highest BCUT2D eigenvalue weighted by Crippen LogP contribution is 2.33. The van der Waals surface area contributed by atoms with Crippen LogP contribution in [-0.2, 0) is 9.47 Å². The Labute approximate surface area is 330 Å². The number of rotatable bonds is 6. The monoisotopic (exact) mass is 794 g/mol. The van der Waals surface area contributed by atoms with Crippen molar-refractivity contribution in [2.45, 2.75) is 20.1 Å². The smallest absolute Gasteiger partial charge is 0.194 e. The maximum atomic E-state index is 14.6. The first-order valence-electron chi connectivity index (χ1n) is 18.2. The molecule has 1 heterocycles. The van der Waals surface area contributed by atoms with Gasteiger partial charge in [-0.05, 0) is 87.8 Å². The molecule has 8 rings (SSSR count). The normalized spacial score (nSPS) is 15.1. The molecule has 0 spiro atoms. The van der Waals surface area contributed by atoms with Crippen LogP contribution < -0.4 is 0 Å². The predicted molar refractivity (Wildman–Crippen MR) is 208 cm³/mol. The van der Waals surface area contributed by atoms with Gasteiger partial charge in [-0.2, -0.15) is 0 Å². The third-order valence-corrected chi connectivity index (χ3v) is 9.71. The van der Waals surface area contributed by atoms with E-state index >= 15 is 0 Å². The standard InChI is InChI=1S/C25H16F4.C23H18F4O2/c1-15-2-4-16(5-3-15)17-6-8-18(9-7-17)19-10-11-21(22(26)12-19)20-13-23(27)25(29)24(28)14-20;1-13-11-28-23(29-12-13)15-4-2-14(3-5-15)16-6-7-18(19(24)8-16)17-9-20(25)22(27)21(26)10-17/h2-14H,1H3;2-10,13,23H,11-12H2,1H3. The highest BCUT2D eigenvalue weighted by Gasteiger charge is 2.21. The fourth-order valence-corrected chi connectivity index (χ4v) is 6.51. The van der Waals surface area contributed by atoms with Gasteiger partial charge in [-0.1, -0.05) is 110 Å². The van der Waals surface area contributed by atoms with Crippen molar-refractivity contribution in [3.63, 3.8) is 0 Å². The maximum Gasteiger partial charge on any atom is 0.194 e. The minimum Gasteiger partial charge on any atom is -0.348 e. The van der Waals surface area contributed by atoms with Crippen molar-refractivity contribution in [2.24, 2.45) is 5.92 Å². The lowest BCUT2D eigenvalue weighted by Gasteiger charge is -2.27. The van der Waals surface area contributed by atoms with Gasteiger partial charge in [0.15, 0.2) is 41.2 Å². The topological polar surface area (TPSA) is 18.5 Å². The van der Waals surface area contributed by atoms with Gasteiger partial charge in [0.1, 0.15) is 11.6 Å². The Morgan fingerprint density at radius 3 is 1.07 bits per heavy atom. The molecule has 0 radical (unpaired) electrons. The molecule has 2 nitrogen and oxygen atoms in total. The fourth-order valence-electron chi connectivity index (χ4n) is 6.51. The summed E-state index contributed by atoms with van der Waals surface area (Å²) >= 11 is 0. The number of hydrogen-bond acceptors (Lipinski definition) is 2. The molecule has 294 valence electrons. The van der Waals surface area contributed by atoms with Gasteiger partial charge in [0.2, 0.25) is 0 Å². The molecule has 0 amide bonds. The Kier molecular flexibility index (Phi) is 11.9. The van der Waals surface area contributed by atoms with Gasteiger partial charge < -0.3 is 9.47 Å². The fraction of sp³-hybridized carbons (Fsp3) is 0.125. The number of benzene rings is 7. The zero-order chi connectivity index (χ0) is 41.1. The van der Waals surface area contributed by atoms with Crippen molar-refractivity contribution in [3.8, 4) is 55.6 Å². The number of hydrogen-bond donors (Lipinski definition) is 0. The highest BCUT2D eigenvalue weighted by atomic mass is 19.2. The summed E-state index contributed by atoms with van der Waals surface area (Å²) in [6.45, 7) is 5.33. The molecule has 10 heteroatoms. The van der Waals surface area contributed by atoms with E-state index in [1.807, 2.05) is 86.6 Å². The molecular weight excluding hydrogens is 761 g/mol. The van der Waals surface area contributed by atoms with Gasteiger partial charge in [0, 0.05) is 22.6 Å². The van der Waals surface area contributed by atoms with Crippen LogP contribution in [0.5, 0.6) is 0 Å². The molecule has 0 N–H and O–H groups in total. The van der Waals surface area contributed by atoms with Gasteiger partial charge >= 0.3 is 0 Å². The van der Waals surface area contributed by atoms with E-state index in [4.69, 9.17) is 9.47 Å². The molecule has 0 atom stereocenters. The summed E-state index contributed by atoms with van der Waals surface area (Å²) in [7, 11) is 0. The van der Waals surface area contributed by atoms with E-state index in [-0.39, 0.29) is 22.3 Å². The van der Waals surface area contributed by atoms with Crippen LogP contribution in [0.15, 0.2) is 133 Å². The lowest BCUT2D eigenvalue weighted by molar-refractivity contribution is -0.202.